The Hall–Kier alpha value is -3.26. The summed E-state index contributed by atoms with van der Waals surface area (Å²) in [5.41, 5.74) is -0.0963. The van der Waals surface area contributed by atoms with E-state index in [1.165, 1.54) is 36.4 Å². The summed E-state index contributed by atoms with van der Waals surface area (Å²) in [5.74, 6) is -0.257. The molecular formula is C22H14F3NO3S. The first-order valence-corrected chi connectivity index (χ1v) is 9.70. The van der Waals surface area contributed by atoms with E-state index in [9.17, 15) is 22.8 Å². The molecule has 1 saturated heterocycles. The molecule has 4 rings (SSSR count). The Morgan fingerprint density at radius 1 is 0.933 bits per heavy atom. The molecule has 2 heterocycles. The van der Waals surface area contributed by atoms with Crippen molar-refractivity contribution in [1.82, 2.24) is 4.90 Å². The highest BCUT2D eigenvalue weighted by atomic mass is 32.2. The number of rotatable bonds is 4. The van der Waals surface area contributed by atoms with Gasteiger partial charge in [-0.05, 0) is 35.5 Å². The van der Waals surface area contributed by atoms with Gasteiger partial charge in [-0.3, -0.25) is 14.5 Å². The Kier molecular flexibility index (Phi) is 5.26. The van der Waals surface area contributed by atoms with E-state index in [2.05, 4.69) is 0 Å². The number of amides is 2. The first kappa shape index (κ1) is 20.0. The number of carbonyl (C=O) groups is 2. The summed E-state index contributed by atoms with van der Waals surface area (Å²) in [6, 6.07) is 17.0. The van der Waals surface area contributed by atoms with Crippen LogP contribution in [0, 0.1) is 0 Å². The largest absolute Gasteiger partial charge is 0.457 e. The summed E-state index contributed by atoms with van der Waals surface area (Å²) in [5, 5.41) is -0.413. The Bertz CT molecular complexity index is 1140. The van der Waals surface area contributed by atoms with Crippen molar-refractivity contribution in [3.8, 4) is 11.3 Å². The van der Waals surface area contributed by atoms with Crippen molar-refractivity contribution in [2.45, 2.75) is 12.7 Å². The van der Waals surface area contributed by atoms with Crippen LogP contribution in [0.1, 0.15) is 16.9 Å². The average Bonchev–Trinajstić information content (AvgIpc) is 3.29. The maximum absolute atomic E-state index is 13.2. The molecule has 3 aromatic rings. The number of thioether (sulfide) groups is 1. The van der Waals surface area contributed by atoms with Crippen LogP contribution in [0.25, 0.3) is 17.4 Å². The molecule has 0 radical (unpaired) electrons. The van der Waals surface area contributed by atoms with Gasteiger partial charge >= 0.3 is 6.18 Å². The molecule has 2 amide bonds. The minimum absolute atomic E-state index is 0.0256. The Labute approximate surface area is 174 Å². The third-order valence-corrected chi connectivity index (χ3v) is 5.36. The molecule has 0 atom stereocenters. The maximum atomic E-state index is 13.2. The highest BCUT2D eigenvalue weighted by Crippen LogP contribution is 2.38. The quantitative estimate of drug-likeness (QED) is 0.463. The minimum atomic E-state index is -4.52. The summed E-state index contributed by atoms with van der Waals surface area (Å²) in [6.07, 6.45) is -3.15. The van der Waals surface area contributed by atoms with Gasteiger partial charge in [0.1, 0.15) is 11.5 Å². The number of benzene rings is 2. The monoisotopic (exact) mass is 429 g/mol. The number of hydrogen-bond donors (Lipinski definition) is 0. The standard InChI is InChI=1S/C22H14F3NO3S/c23-22(24,25)17-9-5-4-8-16(17)18-11-10-15(29-18)12-19-20(27)26(21(28)30-19)13-14-6-2-1-3-7-14/h1-12H,13H2/b19-12+. The van der Waals surface area contributed by atoms with E-state index in [4.69, 9.17) is 4.42 Å². The zero-order valence-corrected chi connectivity index (χ0v) is 16.2. The van der Waals surface area contributed by atoms with Crippen molar-refractivity contribution >= 4 is 29.0 Å². The smallest absolute Gasteiger partial charge is 0.417 e. The molecule has 4 nitrogen and oxygen atoms in total. The molecule has 0 saturated carbocycles. The summed E-state index contributed by atoms with van der Waals surface area (Å²) < 4.78 is 45.3. The second-order valence-corrected chi connectivity index (χ2v) is 7.49. The van der Waals surface area contributed by atoms with Crippen LogP contribution < -0.4 is 0 Å². The fourth-order valence-corrected chi connectivity index (χ4v) is 3.87. The van der Waals surface area contributed by atoms with Crippen LogP contribution in [0.2, 0.25) is 0 Å². The fraction of sp³-hybridized carbons (Fsp3) is 0.0909. The molecule has 1 aromatic heterocycles. The van der Waals surface area contributed by atoms with Crippen molar-refractivity contribution in [2.75, 3.05) is 0 Å². The molecule has 8 heteroatoms. The maximum Gasteiger partial charge on any atom is 0.417 e. The van der Waals surface area contributed by atoms with Gasteiger partial charge in [0.2, 0.25) is 0 Å². The molecule has 0 aliphatic carbocycles. The van der Waals surface area contributed by atoms with Gasteiger partial charge in [0, 0.05) is 11.6 Å². The first-order valence-electron chi connectivity index (χ1n) is 8.88. The van der Waals surface area contributed by atoms with Crippen LogP contribution in [-0.4, -0.2) is 16.0 Å². The molecule has 0 N–H and O–H groups in total. The molecule has 152 valence electrons. The minimum Gasteiger partial charge on any atom is -0.457 e. The summed E-state index contributed by atoms with van der Waals surface area (Å²) in [4.78, 5) is 26.1. The lowest BCUT2D eigenvalue weighted by Gasteiger charge is -2.12. The summed E-state index contributed by atoms with van der Waals surface area (Å²) in [7, 11) is 0. The number of hydrogen-bond acceptors (Lipinski definition) is 4. The lowest BCUT2D eigenvalue weighted by Crippen LogP contribution is -2.27. The average molecular weight is 429 g/mol. The van der Waals surface area contributed by atoms with Crippen LogP contribution in [0.5, 0.6) is 0 Å². The summed E-state index contributed by atoms with van der Waals surface area (Å²) in [6.45, 7) is 0.144. The van der Waals surface area contributed by atoms with E-state index in [0.29, 0.717) is 0 Å². The normalized spacial score (nSPS) is 16.0. The van der Waals surface area contributed by atoms with E-state index < -0.39 is 22.9 Å². The zero-order valence-electron chi connectivity index (χ0n) is 15.3. The lowest BCUT2D eigenvalue weighted by molar-refractivity contribution is -0.137. The van der Waals surface area contributed by atoms with Gasteiger partial charge < -0.3 is 4.42 Å². The highest BCUT2D eigenvalue weighted by Gasteiger charge is 2.36. The number of halogens is 3. The topological polar surface area (TPSA) is 50.5 Å². The number of nitrogens with zero attached hydrogens (tertiary/aromatic N) is 1. The van der Waals surface area contributed by atoms with Crippen LogP contribution in [-0.2, 0) is 17.5 Å². The Balaban J connectivity index is 1.58. The van der Waals surface area contributed by atoms with Crippen LogP contribution in [0.4, 0.5) is 18.0 Å². The predicted molar refractivity (Wildman–Crippen MR) is 107 cm³/mol. The van der Waals surface area contributed by atoms with Crippen molar-refractivity contribution in [2.24, 2.45) is 0 Å². The van der Waals surface area contributed by atoms with Gasteiger partial charge in [-0.1, -0.05) is 48.5 Å². The van der Waals surface area contributed by atoms with Gasteiger partial charge in [0.25, 0.3) is 11.1 Å². The molecular weight excluding hydrogens is 415 g/mol. The van der Waals surface area contributed by atoms with E-state index in [-0.39, 0.29) is 28.5 Å². The van der Waals surface area contributed by atoms with Crippen molar-refractivity contribution in [3.63, 3.8) is 0 Å². The third kappa shape index (κ3) is 4.04. The third-order valence-electron chi connectivity index (χ3n) is 4.46. The molecule has 1 aliphatic heterocycles. The number of carbonyl (C=O) groups excluding carboxylic acids is 2. The molecule has 1 aliphatic rings. The van der Waals surface area contributed by atoms with Crippen molar-refractivity contribution in [1.29, 1.82) is 0 Å². The molecule has 0 spiro atoms. The van der Waals surface area contributed by atoms with E-state index in [1.807, 2.05) is 30.3 Å². The van der Waals surface area contributed by atoms with Gasteiger partial charge in [-0.15, -0.1) is 0 Å². The molecule has 30 heavy (non-hydrogen) atoms. The summed E-state index contributed by atoms with van der Waals surface area (Å²) >= 11 is 0.767. The zero-order chi connectivity index (χ0) is 21.3. The molecule has 0 bridgehead atoms. The Morgan fingerprint density at radius 2 is 1.63 bits per heavy atom. The van der Waals surface area contributed by atoms with E-state index in [0.717, 1.165) is 28.3 Å². The molecule has 2 aromatic carbocycles. The van der Waals surface area contributed by atoms with Crippen molar-refractivity contribution < 1.29 is 27.2 Å². The van der Waals surface area contributed by atoms with Crippen LogP contribution in [0.15, 0.2) is 76.1 Å². The van der Waals surface area contributed by atoms with Crippen molar-refractivity contribution in [3.05, 3.63) is 88.5 Å². The van der Waals surface area contributed by atoms with Gasteiger partial charge in [0.15, 0.2) is 0 Å². The van der Waals surface area contributed by atoms with Crippen LogP contribution in [0.3, 0.4) is 0 Å². The SMILES string of the molecule is O=C1S/C(=C/c2ccc(-c3ccccc3C(F)(F)F)o2)C(=O)N1Cc1ccccc1. The number of imide groups is 1. The first-order chi connectivity index (χ1) is 14.3. The number of furan rings is 1. The number of alkyl halides is 3. The predicted octanol–water partition coefficient (Wildman–Crippen LogP) is 6.20. The second-order valence-electron chi connectivity index (χ2n) is 6.50. The van der Waals surface area contributed by atoms with Gasteiger partial charge in [-0.25, -0.2) is 0 Å². The molecule has 1 fully saturated rings. The van der Waals surface area contributed by atoms with Gasteiger partial charge in [0.05, 0.1) is 17.0 Å². The lowest BCUT2D eigenvalue weighted by atomic mass is 10.1. The highest BCUT2D eigenvalue weighted by molar-refractivity contribution is 8.18. The fourth-order valence-electron chi connectivity index (χ4n) is 3.05. The molecule has 0 unspecified atom stereocenters. The van der Waals surface area contributed by atoms with E-state index in [1.54, 1.807) is 0 Å². The Morgan fingerprint density at radius 3 is 2.37 bits per heavy atom. The van der Waals surface area contributed by atoms with Crippen LogP contribution >= 0.6 is 11.8 Å². The second kappa shape index (κ2) is 7.87. The van der Waals surface area contributed by atoms with E-state index >= 15 is 0 Å². The van der Waals surface area contributed by atoms with Gasteiger partial charge in [-0.2, -0.15) is 13.2 Å².